The number of benzene rings is 1. The molecular formula is C15H23N3O2. The van der Waals surface area contributed by atoms with Crippen molar-refractivity contribution in [3.63, 3.8) is 0 Å². The highest BCUT2D eigenvalue weighted by molar-refractivity contribution is 5.35. The van der Waals surface area contributed by atoms with Crippen molar-refractivity contribution < 1.29 is 4.92 Å². The van der Waals surface area contributed by atoms with Gasteiger partial charge in [0, 0.05) is 30.8 Å². The van der Waals surface area contributed by atoms with Crippen LogP contribution in [0.1, 0.15) is 38.3 Å². The Morgan fingerprint density at radius 3 is 3.05 bits per heavy atom. The lowest BCUT2D eigenvalue weighted by molar-refractivity contribution is -0.384. The highest BCUT2D eigenvalue weighted by Gasteiger charge is 2.23. The molecule has 2 rings (SSSR count). The smallest absolute Gasteiger partial charge is 0.269 e. The summed E-state index contributed by atoms with van der Waals surface area (Å²) >= 11 is 0. The van der Waals surface area contributed by atoms with E-state index in [4.69, 9.17) is 0 Å². The van der Waals surface area contributed by atoms with Gasteiger partial charge in [0.15, 0.2) is 0 Å². The number of hydrogen-bond donors (Lipinski definition) is 1. The van der Waals surface area contributed by atoms with E-state index in [1.54, 1.807) is 12.1 Å². The van der Waals surface area contributed by atoms with E-state index < -0.39 is 0 Å². The Balaban J connectivity index is 1.93. The molecule has 1 aromatic rings. The average Bonchev–Trinajstić information content (AvgIpc) is 2.92. The first-order chi connectivity index (χ1) is 9.61. The Kier molecular flexibility index (Phi) is 5.09. The molecule has 0 aliphatic carbocycles. The van der Waals surface area contributed by atoms with Crippen LogP contribution in [0.2, 0.25) is 0 Å². The number of likely N-dealkylation sites (N-methyl/N-ethyl adjacent to an activating group) is 1. The number of nitrogens with zero attached hydrogens (tertiary/aromatic N) is 2. The van der Waals surface area contributed by atoms with Gasteiger partial charge in [-0.05, 0) is 38.4 Å². The summed E-state index contributed by atoms with van der Waals surface area (Å²) in [6.45, 7) is 7.48. The molecule has 5 heteroatoms. The summed E-state index contributed by atoms with van der Waals surface area (Å²) in [5.41, 5.74) is 1.13. The van der Waals surface area contributed by atoms with E-state index in [0.29, 0.717) is 6.04 Å². The fourth-order valence-electron chi connectivity index (χ4n) is 2.88. The number of hydrogen-bond acceptors (Lipinski definition) is 4. The van der Waals surface area contributed by atoms with Crippen LogP contribution in [0.15, 0.2) is 24.3 Å². The predicted molar refractivity (Wildman–Crippen MR) is 79.8 cm³/mol. The molecule has 1 aromatic carbocycles. The number of non-ortho nitro benzene ring substituents is 1. The third kappa shape index (κ3) is 3.55. The van der Waals surface area contributed by atoms with E-state index >= 15 is 0 Å². The molecule has 5 nitrogen and oxygen atoms in total. The summed E-state index contributed by atoms with van der Waals surface area (Å²) in [5, 5.41) is 14.3. The molecule has 1 N–H and O–H groups in total. The lowest BCUT2D eigenvalue weighted by Crippen LogP contribution is -2.38. The van der Waals surface area contributed by atoms with Crippen LogP contribution in [0.25, 0.3) is 0 Å². The van der Waals surface area contributed by atoms with Gasteiger partial charge in [-0.25, -0.2) is 0 Å². The van der Waals surface area contributed by atoms with Crippen molar-refractivity contribution >= 4 is 5.69 Å². The van der Waals surface area contributed by atoms with Crippen LogP contribution in [-0.4, -0.2) is 35.5 Å². The second-order valence-electron chi connectivity index (χ2n) is 5.41. The molecule has 110 valence electrons. The molecule has 1 heterocycles. The zero-order chi connectivity index (χ0) is 14.5. The van der Waals surface area contributed by atoms with Gasteiger partial charge >= 0.3 is 0 Å². The Hall–Kier alpha value is -1.46. The lowest BCUT2D eigenvalue weighted by Gasteiger charge is -2.25. The first-order valence-electron chi connectivity index (χ1n) is 7.33. The van der Waals surface area contributed by atoms with Gasteiger partial charge in [0.25, 0.3) is 5.69 Å². The fraction of sp³-hybridized carbons (Fsp3) is 0.600. The summed E-state index contributed by atoms with van der Waals surface area (Å²) in [4.78, 5) is 13.0. The van der Waals surface area contributed by atoms with Crippen molar-refractivity contribution in [3.8, 4) is 0 Å². The summed E-state index contributed by atoms with van der Waals surface area (Å²) in [5.74, 6) is 0. The molecule has 0 bridgehead atoms. The Morgan fingerprint density at radius 2 is 2.35 bits per heavy atom. The first kappa shape index (κ1) is 14.9. The van der Waals surface area contributed by atoms with E-state index in [-0.39, 0.29) is 16.7 Å². The monoisotopic (exact) mass is 277 g/mol. The Bertz CT molecular complexity index is 464. The second-order valence-corrected chi connectivity index (χ2v) is 5.41. The molecule has 0 saturated carbocycles. The van der Waals surface area contributed by atoms with Crippen LogP contribution in [0.3, 0.4) is 0 Å². The molecule has 1 saturated heterocycles. The lowest BCUT2D eigenvalue weighted by atomic mass is 10.1. The van der Waals surface area contributed by atoms with Crippen LogP contribution in [0, 0.1) is 10.1 Å². The van der Waals surface area contributed by atoms with Gasteiger partial charge in [-0.15, -0.1) is 0 Å². The SMILES string of the molecule is CCN1CCCC1CNC(C)c1cccc([N+](=O)[O-])c1. The number of nitro groups is 1. The van der Waals surface area contributed by atoms with E-state index in [0.717, 1.165) is 18.7 Å². The zero-order valence-electron chi connectivity index (χ0n) is 12.2. The minimum absolute atomic E-state index is 0.134. The van der Waals surface area contributed by atoms with Crippen LogP contribution >= 0.6 is 0 Å². The van der Waals surface area contributed by atoms with E-state index in [1.807, 2.05) is 6.07 Å². The van der Waals surface area contributed by atoms with Crippen LogP contribution in [0.4, 0.5) is 5.69 Å². The second kappa shape index (κ2) is 6.81. The Labute approximate surface area is 120 Å². The molecule has 1 aliphatic rings. The minimum atomic E-state index is -0.341. The fourth-order valence-corrected chi connectivity index (χ4v) is 2.88. The number of rotatable bonds is 6. The summed E-state index contributed by atoms with van der Waals surface area (Å²) in [6.07, 6.45) is 2.51. The van der Waals surface area contributed by atoms with Crippen LogP contribution in [-0.2, 0) is 0 Å². The number of nitro benzene ring substituents is 1. The normalized spacial score (nSPS) is 21.0. The maximum absolute atomic E-state index is 10.8. The molecule has 2 unspecified atom stereocenters. The predicted octanol–water partition coefficient (Wildman–Crippen LogP) is 2.73. The molecule has 0 spiro atoms. The number of nitrogens with one attached hydrogen (secondary N) is 1. The summed E-state index contributed by atoms with van der Waals surface area (Å²) in [6, 6.07) is 7.61. The summed E-state index contributed by atoms with van der Waals surface area (Å²) in [7, 11) is 0. The first-order valence-corrected chi connectivity index (χ1v) is 7.33. The quantitative estimate of drug-likeness (QED) is 0.641. The van der Waals surface area contributed by atoms with Crippen molar-refractivity contribution in [2.24, 2.45) is 0 Å². The standard InChI is InChI=1S/C15H23N3O2/c1-3-17-9-5-8-15(17)11-16-12(2)13-6-4-7-14(10-13)18(19)20/h4,6-7,10,12,15-16H,3,5,8-9,11H2,1-2H3. The molecule has 2 atom stereocenters. The highest BCUT2D eigenvalue weighted by Crippen LogP contribution is 2.20. The minimum Gasteiger partial charge on any atom is -0.309 e. The Morgan fingerprint density at radius 1 is 1.55 bits per heavy atom. The van der Waals surface area contributed by atoms with Gasteiger partial charge < -0.3 is 5.32 Å². The maximum atomic E-state index is 10.8. The molecule has 1 aliphatic heterocycles. The van der Waals surface area contributed by atoms with Gasteiger partial charge in [0.05, 0.1) is 4.92 Å². The van der Waals surface area contributed by atoms with Crippen molar-refractivity contribution in [2.75, 3.05) is 19.6 Å². The molecule has 20 heavy (non-hydrogen) atoms. The van der Waals surface area contributed by atoms with Crippen molar-refractivity contribution in [1.82, 2.24) is 10.2 Å². The molecule has 0 amide bonds. The van der Waals surface area contributed by atoms with E-state index in [9.17, 15) is 10.1 Å². The molecule has 0 aromatic heterocycles. The van der Waals surface area contributed by atoms with E-state index in [1.165, 1.54) is 25.5 Å². The van der Waals surface area contributed by atoms with E-state index in [2.05, 4.69) is 24.1 Å². The van der Waals surface area contributed by atoms with Crippen molar-refractivity contribution in [1.29, 1.82) is 0 Å². The zero-order valence-corrected chi connectivity index (χ0v) is 12.2. The molecule has 1 fully saturated rings. The van der Waals surface area contributed by atoms with Crippen LogP contribution in [0.5, 0.6) is 0 Å². The number of likely N-dealkylation sites (tertiary alicyclic amines) is 1. The molecule has 0 radical (unpaired) electrons. The average molecular weight is 277 g/mol. The largest absolute Gasteiger partial charge is 0.309 e. The van der Waals surface area contributed by atoms with Gasteiger partial charge in [0.1, 0.15) is 0 Å². The maximum Gasteiger partial charge on any atom is 0.269 e. The van der Waals surface area contributed by atoms with Crippen molar-refractivity contribution in [2.45, 2.75) is 38.8 Å². The van der Waals surface area contributed by atoms with Gasteiger partial charge in [-0.3, -0.25) is 15.0 Å². The topological polar surface area (TPSA) is 58.4 Å². The molecular weight excluding hydrogens is 254 g/mol. The van der Waals surface area contributed by atoms with Gasteiger partial charge in [-0.2, -0.15) is 0 Å². The third-order valence-electron chi connectivity index (χ3n) is 4.15. The van der Waals surface area contributed by atoms with Gasteiger partial charge in [0.2, 0.25) is 0 Å². The van der Waals surface area contributed by atoms with Crippen LogP contribution < -0.4 is 5.32 Å². The highest BCUT2D eigenvalue weighted by atomic mass is 16.6. The summed E-state index contributed by atoms with van der Waals surface area (Å²) < 4.78 is 0. The third-order valence-corrected chi connectivity index (χ3v) is 4.15. The van der Waals surface area contributed by atoms with Crippen molar-refractivity contribution in [3.05, 3.63) is 39.9 Å². The van der Waals surface area contributed by atoms with Gasteiger partial charge in [-0.1, -0.05) is 19.1 Å².